The molecular formula is C26H31NO. The Morgan fingerprint density at radius 3 is 1.50 bits per heavy atom. The molecule has 0 bridgehead atoms. The van der Waals surface area contributed by atoms with Crippen molar-refractivity contribution in [3.8, 4) is 16.9 Å². The highest BCUT2D eigenvalue weighted by molar-refractivity contribution is 5.70. The second-order valence-corrected chi connectivity index (χ2v) is 8.54. The van der Waals surface area contributed by atoms with E-state index in [0.29, 0.717) is 6.04 Å². The summed E-state index contributed by atoms with van der Waals surface area (Å²) in [7, 11) is 1.70. The molecule has 0 saturated carbocycles. The molecule has 3 aromatic rings. The summed E-state index contributed by atoms with van der Waals surface area (Å²) >= 11 is 0. The number of methoxy groups -OCH3 is 1. The van der Waals surface area contributed by atoms with Gasteiger partial charge < -0.3 is 9.64 Å². The minimum absolute atomic E-state index is 0.179. The number of rotatable bonds is 5. The normalized spacial score (nSPS) is 11.5. The third-order valence-corrected chi connectivity index (χ3v) is 5.10. The van der Waals surface area contributed by atoms with E-state index in [-0.39, 0.29) is 5.41 Å². The standard InChI is InChI=1S/C26H31NO/c1-19(2)27(24-15-17-25(28-6)18-16-24)23-13-9-21(10-14-23)20-7-11-22(12-8-20)26(3,4)5/h7-19H,1-6H3. The fourth-order valence-corrected chi connectivity index (χ4v) is 3.47. The molecule has 0 fully saturated rings. The minimum atomic E-state index is 0.179. The predicted octanol–water partition coefficient (Wildman–Crippen LogP) is 7.21. The van der Waals surface area contributed by atoms with Crippen molar-refractivity contribution < 1.29 is 4.74 Å². The van der Waals surface area contributed by atoms with Crippen LogP contribution in [-0.2, 0) is 5.41 Å². The van der Waals surface area contributed by atoms with Gasteiger partial charge in [-0.3, -0.25) is 0 Å². The first-order chi connectivity index (χ1) is 13.3. The summed E-state index contributed by atoms with van der Waals surface area (Å²) in [4.78, 5) is 2.34. The zero-order valence-corrected chi connectivity index (χ0v) is 17.9. The SMILES string of the molecule is COc1ccc(N(c2ccc(-c3ccc(C(C)(C)C)cc3)cc2)C(C)C)cc1. The van der Waals surface area contributed by atoms with Gasteiger partial charge in [-0.1, -0.05) is 57.2 Å². The topological polar surface area (TPSA) is 12.5 Å². The summed E-state index contributed by atoms with van der Waals surface area (Å²) in [6, 6.07) is 26.3. The van der Waals surface area contributed by atoms with Gasteiger partial charge in [0.2, 0.25) is 0 Å². The Kier molecular flexibility index (Phi) is 5.79. The van der Waals surface area contributed by atoms with Crippen LogP contribution in [0.25, 0.3) is 11.1 Å². The van der Waals surface area contributed by atoms with E-state index in [1.807, 2.05) is 12.1 Å². The van der Waals surface area contributed by atoms with Gasteiger partial charge in [-0.2, -0.15) is 0 Å². The molecule has 146 valence electrons. The van der Waals surface area contributed by atoms with Crippen molar-refractivity contribution in [2.45, 2.75) is 46.1 Å². The summed E-state index contributed by atoms with van der Waals surface area (Å²) in [6.45, 7) is 11.2. The molecule has 2 nitrogen and oxygen atoms in total. The van der Waals surface area contributed by atoms with Crippen molar-refractivity contribution in [3.63, 3.8) is 0 Å². The summed E-state index contributed by atoms with van der Waals surface area (Å²) in [5, 5.41) is 0. The van der Waals surface area contributed by atoms with Crippen LogP contribution < -0.4 is 9.64 Å². The average molecular weight is 374 g/mol. The van der Waals surface area contributed by atoms with E-state index in [9.17, 15) is 0 Å². The largest absolute Gasteiger partial charge is 0.497 e. The van der Waals surface area contributed by atoms with Gasteiger partial charge >= 0.3 is 0 Å². The molecule has 0 heterocycles. The molecule has 0 aromatic heterocycles. The van der Waals surface area contributed by atoms with Crippen LogP contribution in [-0.4, -0.2) is 13.2 Å². The number of anilines is 2. The van der Waals surface area contributed by atoms with Crippen molar-refractivity contribution in [1.82, 2.24) is 0 Å². The van der Waals surface area contributed by atoms with Crippen LogP contribution in [0.2, 0.25) is 0 Å². The maximum Gasteiger partial charge on any atom is 0.119 e. The summed E-state index contributed by atoms with van der Waals surface area (Å²) in [5.41, 5.74) is 6.38. The summed E-state index contributed by atoms with van der Waals surface area (Å²) < 4.78 is 5.29. The van der Waals surface area contributed by atoms with E-state index >= 15 is 0 Å². The third kappa shape index (κ3) is 4.39. The average Bonchev–Trinajstić information content (AvgIpc) is 2.68. The van der Waals surface area contributed by atoms with Gasteiger partial charge in [-0.15, -0.1) is 0 Å². The van der Waals surface area contributed by atoms with Crippen molar-refractivity contribution in [2.24, 2.45) is 0 Å². The number of benzene rings is 3. The van der Waals surface area contributed by atoms with Crippen LogP contribution in [0.3, 0.4) is 0 Å². The lowest BCUT2D eigenvalue weighted by molar-refractivity contribution is 0.415. The van der Waals surface area contributed by atoms with Crippen molar-refractivity contribution in [3.05, 3.63) is 78.4 Å². The Bertz CT molecular complexity index is 885. The Morgan fingerprint density at radius 2 is 1.11 bits per heavy atom. The van der Waals surface area contributed by atoms with E-state index in [1.54, 1.807) is 7.11 Å². The molecule has 0 aliphatic heterocycles. The van der Waals surface area contributed by atoms with Crippen molar-refractivity contribution in [2.75, 3.05) is 12.0 Å². The number of nitrogens with zero attached hydrogens (tertiary/aromatic N) is 1. The van der Waals surface area contributed by atoms with Gasteiger partial charge in [0.15, 0.2) is 0 Å². The lowest BCUT2D eigenvalue weighted by Gasteiger charge is -2.29. The second kappa shape index (κ2) is 8.10. The number of hydrogen-bond acceptors (Lipinski definition) is 2. The molecule has 2 heteroatoms. The molecule has 0 saturated heterocycles. The van der Waals surface area contributed by atoms with Gasteiger partial charge in [-0.25, -0.2) is 0 Å². The quantitative estimate of drug-likeness (QED) is 0.468. The van der Waals surface area contributed by atoms with Gasteiger partial charge in [-0.05, 0) is 72.4 Å². The van der Waals surface area contributed by atoms with Gasteiger partial charge in [0.25, 0.3) is 0 Å². The number of ether oxygens (including phenoxy) is 1. The second-order valence-electron chi connectivity index (χ2n) is 8.54. The Labute approximate surface area is 169 Å². The molecular weight excluding hydrogens is 342 g/mol. The van der Waals surface area contributed by atoms with Gasteiger partial charge in [0.1, 0.15) is 5.75 Å². The van der Waals surface area contributed by atoms with Gasteiger partial charge in [0.05, 0.1) is 7.11 Å². The highest BCUT2D eigenvalue weighted by Crippen LogP contribution is 2.32. The first-order valence-electron chi connectivity index (χ1n) is 9.94. The van der Waals surface area contributed by atoms with Crippen molar-refractivity contribution >= 4 is 11.4 Å². The zero-order valence-electron chi connectivity index (χ0n) is 17.9. The third-order valence-electron chi connectivity index (χ3n) is 5.10. The number of hydrogen-bond donors (Lipinski definition) is 0. The zero-order chi connectivity index (χ0) is 20.3. The fraction of sp³-hybridized carbons (Fsp3) is 0.308. The summed E-state index contributed by atoms with van der Waals surface area (Å²) in [5.74, 6) is 0.876. The van der Waals surface area contributed by atoms with Crippen LogP contribution in [0.5, 0.6) is 5.75 Å². The summed E-state index contributed by atoms with van der Waals surface area (Å²) in [6.07, 6.45) is 0. The molecule has 0 radical (unpaired) electrons. The van der Waals surface area contributed by atoms with Gasteiger partial charge in [0, 0.05) is 17.4 Å². The molecule has 0 spiro atoms. The molecule has 0 atom stereocenters. The molecule has 0 aliphatic rings. The van der Waals surface area contributed by atoms with Crippen LogP contribution in [0, 0.1) is 0 Å². The van der Waals surface area contributed by atoms with Crippen LogP contribution in [0.15, 0.2) is 72.8 Å². The van der Waals surface area contributed by atoms with Crippen LogP contribution in [0.4, 0.5) is 11.4 Å². The van der Waals surface area contributed by atoms with Crippen molar-refractivity contribution in [1.29, 1.82) is 0 Å². The van der Waals surface area contributed by atoms with E-state index in [4.69, 9.17) is 4.74 Å². The highest BCUT2D eigenvalue weighted by atomic mass is 16.5. The smallest absolute Gasteiger partial charge is 0.119 e. The molecule has 0 N–H and O–H groups in total. The lowest BCUT2D eigenvalue weighted by atomic mass is 9.86. The highest BCUT2D eigenvalue weighted by Gasteiger charge is 2.15. The Balaban J connectivity index is 1.87. The van der Waals surface area contributed by atoms with Crippen LogP contribution >= 0.6 is 0 Å². The monoisotopic (exact) mass is 373 g/mol. The van der Waals surface area contributed by atoms with E-state index < -0.39 is 0 Å². The van der Waals surface area contributed by atoms with E-state index in [0.717, 1.165) is 11.4 Å². The molecule has 3 aromatic carbocycles. The van der Waals surface area contributed by atoms with E-state index in [2.05, 4.69) is 100 Å². The predicted molar refractivity (Wildman–Crippen MR) is 121 cm³/mol. The lowest BCUT2D eigenvalue weighted by Crippen LogP contribution is -2.25. The maximum absolute atomic E-state index is 5.29. The molecule has 3 rings (SSSR count). The first-order valence-corrected chi connectivity index (χ1v) is 9.94. The van der Waals surface area contributed by atoms with Crippen LogP contribution in [0.1, 0.15) is 40.2 Å². The Hall–Kier alpha value is -2.74. The van der Waals surface area contributed by atoms with E-state index in [1.165, 1.54) is 22.4 Å². The maximum atomic E-state index is 5.29. The minimum Gasteiger partial charge on any atom is -0.497 e. The molecule has 0 aliphatic carbocycles. The molecule has 28 heavy (non-hydrogen) atoms. The Morgan fingerprint density at radius 1 is 0.679 bits per heavy atom. The first kappa shape index (κ1) is 20.0. The fourth-order valence-electron chi connectivity index (χ4n) is 3.47. The molecule has 0 unspecified atom stereocenters. The molecule has 0 amide bonds.